The van der Waals surface area contributed by atoms with Gasteiger partial charge in [-0.15, -0.1) is 0 Å². The van der Waals surface area contributed by atoms with Crippen LogP contribution in [0.15, 0.2) is 53.3 Å². The molecule has 5 rings (SSSR count). The molecule has 11 heteroatoms. The van der Waals surface area contributed by atoms with E-state index in [4.69, 9.17) is 0 Å². The molecule has 0 bridgehead atoms. The summed E-state index contributed by atoms with van der Waals surface area (Å²) in [7, 11) is -0.661. The van der Waals surface area contributed by atoms with Crippen molar-refractivity contribution in [3.8, 4) is 22.5 Å². The van der Waals surface area contributed by atoms with Gasteiger partial charge in [0.1, 0.15) is 0 Å². The molecular weight excluding hydrogens is 480 g/mol. The van der Waals surface area contributed by atoms with E-state index in [-0.39, 0.29) is 23.4 Å². The van der Waals surface area contributed by atoms with Gasteiger partial charge >= 0.3 is 15.9 Å². The molecule has 2 heterocycles. The van der Waals surface area contributed by atoms with Crippen LogP contribution in [0.4, 0.5) is 5.69 Å². The van der Waals surface area contributed by atoms with Crippen molar-refractivity contribution in [1.82, 2.24) is 24.0 Å². The summed E-state index contributed by atoms with van der Waals surface area (Å²) < 4.78 is 29.6. The Morgan fingerprint density at radius 1 is 1.08 bits per heavy atom. The first-order valence-electron chi connectivity index (χ1n) is 12.1. The van der Waals surface area contributed by atoms with Crippen molar-refractivity contribution in [2.45, 2.75) is 25.8 Å². The fourth-order valence-electron chi connectivity index (χ4n) is 4.55. The standard InChI is InChI=1S/C25H30N6O4S/c1-29(2)36(34,35)28-22-5-3-4-21(14-22)18-6-8-19(9-7-18)23-26-27-25(33)31(23)16-17-12-13-30(15-17)24(32)20-10-11-20/h3-9,14,17,20,28H,10-13,15-16H2,1-2H3,(H,27,33). The topological polar surface area (TPSA) is 120 Å². The summed E-state index contributed by atoms with van der Waals surface area (Å²) in [5.74, 6) is 1.25. The average molecular weight is 511 g/mol. The zero-order chi connectivity index (χ0) is 25.4. The van der Waals surface area contributed by atoms with Crippen molar-refractivity contribution in [3.05, 3.63) is 59.0 Å². The van der Waals surface area contributed by atoms with E-state index in [0.717, 1.165) is 46.8 Å². The minimum Gasteiger partial charge on any atom is -0.342 e. The van der Waals surface area contributed by atoms with Crippen LogP contribution in [0.1, 0.15) is 19.3 Å². The van der Waals surface area contributed by atoms with E-state index in [0.29, 0.717) is 24.6 Å². The third kappa shape index (κ3) is 5.07. The van der Waals surface area contributed by atoms with Crippen molar-refractivity contribution in [3.63, 3.8) is 0 Å². The number of aromatic amines is 1. The average Bonchev–Trinajstić information content (AvgIpc) is 3.50. The van der Waals surface area contributed by atoms with E-state index in [1.807, 2.05) is 35.2 Å². The summed E-state index contributed by atoms with van der Waals surface area (Å²) in [4.78, 5) is 26.8. The normalized spacial score (nSPS) is 18.1. The molecular formula is C25H30N6O4S. The number of hydrogen-bond acceptors (Lipinski definition) is 5. The lowest BCUT2D eigenvalue weighted by Gasteiger charge is -2.16. The summed E-state index contributed by atoms with van der Waals surface area (Å²) in [6, 6.07) is 14.8. The lowest BCUT2D eigenvalue weighted by Crippen LogP contribution is -2.31. The Balaban J connectivity index is 1.31. The van der Waals surface area contributed by atoms with Crippen LogP contribution in [0.25, 0.3) is 22.5 Å². The van der Waals surface area contributed by atoms with Crippen LogP contribution in [0.2, 0.25) is 0 Å². The number of benzene rings is 2. The van der Waals surface area contributed by atoms with Crippen molar-refractivity contribution in [1.29, 1.82) is 0 Å². The SMILES string of the molecule is CN(C)S(=O)(=O)Nc1cccc(-c2ccc(-c3n[nH]c(=O)n3CC3CCN(C(=O)C4CC4)C3)cc2)c1. The lowest BCUT2D eigenvalue weighted by atomic mass is 10.0. The number of carbonyl (C=O) groups is 1. The smallest absolute Gasteiger partial charge is 0.342 e. The molecule has 1 saturated heterocycles. The minimum atomic E-state index is -3.60. The molecule has 0 radical (unpaired) electrons. The first kappa shape index (κ1) is 24.3. The molecule has 2 fully saturated rings. The zero-order valence-corrected chi connectivity index (χ0v) is 21.2. The van der Waals surface area contributed by atoms with Gasteiger partial charge in [0.25, 0.3) is 0 Å². The second-order valence-electron chi connectivity index (χ2n) is 9.72. The van der Waals surface area contributed by atoms with E-state index in [1.165, 1.54) is 14.1 Å². The highest BCUT2D eigenvalue weighted by atomic mass is 32.2. The quantitative estimate of drug-likeness (QED) is 0.482. The van der Waals surface area contributed by atoms with Crippen LogP contribution >= 0.6 is 0 Å². The third-order valence-corrected chi connectivity index (χ3v) is 8.24. The summed E-state index contributed by atoms with van der Waals surface area (Å²) in [5.41, 5.74) is 2.76. The molecule has 1 aliphatic heterocycles. The number of nitrogens with zero attached hydrogens (tertiary/aromatic N) is 4. The highest BCUT2D eigenvalue weighted by molar-refractivity contribution is 7.90. The van der Waals surface area contributed by atoms with Crippen LogP contribution in [-0.4, -0.2) is 65.5 Å². The van der Waals surface area contributed by atoms with Gasteiger partial charge in [0.15, 0.2) is 5.82 Å². The van der Waals surface area contributed by atoms with Gasteiger partial charge in [0.2, 0.25) is 5.91 Å². The Morgan fingerprint density at radius 3 is 2.50 bits per heavy atom. The molecule has 1 atom stereocenters. The van der Waals surface area contributed by atoms with Crippen LogP contribution < -0.4 is 10.4 Å². The molecule has 2 N–H and O–H groups in total. The molecule has 2 aromatic carbocycles. The summed E-state index contributed by atoms with van der Waals surface area (Å²) in [5, 5.41) is 6.82. The number of nitrogens with one attached hydrogen (secondary N) is 2. The Labute approximate surface area is 210 Å². The maximum Gasteiger partial charge on any atom is 0.343 e. The predicted octanol–water partition coefficient (Wildman–Crippen LogP) is 2.38. The number of aromatic nitrogens is 3. The van der Waals surface area contributed by atoms with E-state index in [1.54, 1.807) is 22.8 Å². The molecule has 1 saturated carbocycles. The van der Waals surface area contributed by atoms with E-state index in [2.05, 4.69) is 14.9 Å². The molecule has 1 aliphatic carbocycles. The predicted molar refractivity (Wildman–Crippen MR) is 137 cm³/mol. The molecule has 1 amide bonds. The monoisotopic (exact) mass is 510 g/mol. The van der Waals surface area contributed by atoms with Crippen LogP contribution in [0, 0.1) is 11.8 Å². The van der Waals surface area contributed by atoms with E-state index < -0.39 is 10.2 Å². The zero-order valence-electron chi connectivity index (χ0n) is 20.3. The number of amides is 1. The number of rotatable bonds is 8. The van der Waals surface area contributed by atoms with Gasteiger partial charge in [-0.1, -0.05) is 36.4 Å². The van der Waals surface area contributed by atoms with Crippen molar-refractivity contribution in [2.24, 2.45) is 11.8 Å². The molecule has 1 unspecified atom stereocenters. The molecule has 1 aromatic heterocycles. The maximum atomic E-state index is 12.5. The Kier molecular flexibility index (Phi) is 6.44. The molecule has 3 aromatic rings. The lowest BCUT2D eigenvalue weighted by molar-refractivity contribution is -0.131. The van der Waals surface area contributed by atoms with Gasteiger partial charge in [-0.3, -0.25) is 14.1 Å². The summed E-state index contributed by atoms with van der Waals surface area (Å²) in [6.45, 7) is 1.94. The van der Waals surface area contributed by atoms with Crippen LogP contribution in [-0.2, 0) is 21.5 Å². The number of anilines is 1. The number of likely N-dealkylation sites (tertiary alicyclic amines) is 1. The maximum absolute atomic E-state index is 12.5. The van der Waals surface area contributed by atoms with Gasteiger partial charge in [-0.2, -0.15) is 17.8 Å². The molecule has 190 valence electrons. The van der Waals surface area contributed by atoms with Gasteiger partial charge in [-0.25, -0.2) is 9.89 Å². The number of H-pyrrole nitrogens is 1. The molecule has 36 heavy (non-hydrogen) atoms. The molecule has 2 aliphatic rings. The molecule has 0 spiro atoms. The van der Waals surface area contributed by atoms with Gasteiger partial charge < -0.3 is 4.90 Å². The summed E-state index contributed by atoms with van der Waals surface area (Å²) >= 11 is 0. The second kappa shape index (κ2) is 9.55. The van der Waals surface area contributed by atoms with Crippen molar-refractivity contribution in [2.75, 3.05) is 31.9 Å². The van der Waals surface area contributed by atoms with Gasteiger partial charge in [0.05, 0.1) is 5.69 Å². The van der Waals surface area contributed by atoms with Gasteiger partial charge in [0, 0.05) is 45.2 Å². The van der Waals surface area contributed by atoms with Crippen LogP contribution in [0.3, 0.4) is 0 Å². The highest BCUT2D eigenvalue weighted by Crippen LogP contribution is 2.33. The second-order valence-corrected chi connectivity index (χ2v) is 11.6. The highest BCUT2D eigenvalue weighted by Gasteiger charge is 2.36. The number of hydrogen-bond donors (Lipinski definition) is 2. The minimum absolute atomic E-state index is 0.211. The van der Waals surface area contributed by atoms with E-state index >= 15 is 0 Å². The van der Waals surface area contributed by atoms with Crippen LogP contribution in [0.5, 0.6) is 0 Å². The summed E-state index contributed by atoms with van der Waals surface area (Å²) in [6.07, 6.45) is 2.87. The fourth-order valence-corrected chi connectivity index (χ4v) is 5.16. The Bertz CT molecular complexity index is 1420. The number of carbonyl (C=O) groups excluding carboxylic acids is 1. The van der Waals surface area contributed by atoms with Crippen molar-refractivity contribution >= 4 is 21.8 Å². The Hall–Kier alpha value is -3.44. The first-order valence-corrected chi connectivity index (χ1v) is 13.5. The third-order valence-electron chi connectivity index (χ3n) is 6.79. The fraction of sp³-hybridized carbons (Fsp3) is 0.400. The largest absolute Gasteiger partial charge is 0.343 e. The molecule has 10 nitrogen and oxygen atoms in total. The van der Waals surface area contributed by atoms with E-state index in [9.17, 15) is 18.0 Å². The van der Waals surface area contributed by atoms with Gasteiger partial charge in [-0.05, 0) is 48.4 Å². The first-order chi connectivity index (χ1) is 17.2. The Morgan fingerprint density at radius 2 is 1.81 bits per heavy atom. The van der Waals surface area contributed by atoms with Crippen molar-refractivity contribution < 1.29 is 13.2 Å².